The second kappa shape index (κ2) is 5.90. The number of pyridine rings is 1. The number of benzene rings is 1. The molecule has 108 valence electrons. The lowest BCUT2D eigenvalue weighted by Crippen LogP contribution is -2.10. The zero-order valence-electron chi connectivity index (χ0n) is 11.9. The fraction of sp³-hybridized carbons (Fsp3) is 0.294. The van der Waals surface area contributed by atoms with E-state index in [0.29, 0.717) is 6.42 Å². The summed E-state index contributed by atoms with van der Waals surface area (Å²) in [5, 5.41) is 10.4. The molecule has 0 saturated heterocycles. The monoisotopic (exact) mass is 299 g/mol. The predicted octanol–water partition coefficient (Wildman–Crippen LogP) is 3.91. The van der Waals surface area contributed by atoms with Crippen LogP contribution in [0.1, 0.15) is 36.0 Å². The Hall–Kier alpha value is -1.81. The summed E-state index contributed by atoms with van der Waals surface area (Å²) in [6.07, 6.45) is 4.33. The molecule has 1 unspecified atom stereocenters. The SMILES string of the molecule is CCC(C(=O)O)c1ccc2c(c1)CCc1cccnc1S2. The number of aliphatic carboxylic acids is 1. The smallest absolute Gasteiger partial charge is 0.310 e. The van der Waals surface area contributed by atoms with E-state index in [4.69, 9.17) is 0 Å². The van der Waals surface area contributed by atoms with Gasteiger partial charge in [-0.15, -0.1) is 0 Å². The van der Waals surface area contributed by atoms with E-state index < -0.39 is 11.9 Å². The maximum atomic E-state index is 11.3. The van der Waals surface area contributed by atoms with E-state index in [1.54, 1.807) is 11.8 Å². The van der Waals surface area contributed by atoms with Crippen LogP contribution < -0.4 is 0 Å². The van der Waals surface area contributed by atoms with E-state index in [-0.39, 0.29) is 0 Å². The molecule has 1 aliphatic heterocycles. The van der Waals surface area contributed by atoms with Gasteiger partial charge in [-0.2, -0.15) is 0 Å². The Morgan fingerprint density at radius 2 is 2.14 bits per heavy atom. The number of carboxylic acids is 1. The van der Waals surface area contributed by atoms with Gasteiger partial charge in [-0.05, 0) is 48.1 Å². The van der Waals surface area contributed by atoms with Crippen molar-refractivity contribution in [2.24, 2.45) is 0 Å². The summed E-state index contributed by atoms with van der Waals surface area (Å²) in [6, 6.07) is 10.1. The van der Waals surface area contributed by atoms with Crippen LogP contribution in [0.4, 0.5) is 0 Å². The van der Waals surface area contributed by atoms with E-state index in [0.717, 1.165) is 23.4 Å². The number of rotatable bonds is 3. The summed E-state index contributed by atoms with van der Waals surface area (Å²) in [5.74, 6) is -1.16. The van der Waals surface area contributed by atoms with Gasteiger partial charge in [0.2, 0.25) is 0 Å². The summed E-state index contributed by atoms with van der Waals surface area (Å²) in [6.45, 7) is 1.92. The fourth-order valence-corrected chi connectivity index (χ4v) is 3.79. The highest BCUT2D eigenvalue weighted by Gasteiger charge is 2.20. The van der Waals surface area contributed by atoms with Gasteiger partial charge < -0.3 is 5.11 Å². The fourth-order valence-electron chi connectivity index (χ4n) is 2.74. The molecule has 2 heterocycles. The van der Waals surface area contributed by atoms with Gasteiger partial charge in [0.1, 0.15) is 5.03 Å². The normalized spacial score (nSPS) is 14.7. The van der Waals surface area contributed by atoms with Crippen molar-refractivity contribution in [3.63, 3.8) is 0 Å². The van der Waals surface area contributed by atoms with Gasteiger partial charge in [0, 0.05) is 11.1 Å². The first kappa shape index (κ1) is 14.1. The van der Waals surface area contributed by atoms with Crippen LogP contribution in [0.25, 0.3) is 0 Å². The van der Waals surface area contributed by atoms with Crippen LogP contribution in [0.3, 0.4) is 0 Å². The molecule has 4 heteroatoms. The molecule has 1 N–H and O–H groups in total. The van der Waals surface area contributed by atoms with Crippen LogP contribution in [0.5, 0.6) is 0 Å². The van der Waals surface area contributed by atoms with Gasteiger partial charge in [0.25, 0.3) is 0 Å². The molecule has 0 amide bonds. The number of hydrogen-bond acceptors (Lipinski definition) is 3. The number of fused-ring (bicyclic) bond motifs is 2. The van der Waals surface area contributed by atoms with Crippen molar-refractivity contribution in [1.82, 2.24) is 4.98 Å². The maximum Gasteiger partial charge on any atom is 0.310 e. The topological polar surface area (TPSA) is 50.2 Å². The van der Waals surface area contributed by atoms with Crippen molar-refractivity contribution in [3.05, 3.63) is 53.2 Å². The molecule has 2 aromatic rings. The lowest BCUT2D eigenvalue weighted by atomic mass is 9.93. The van der Waals surface area contributed by atoms with Crippen LogP contribution >= 0.6 is 11.8 Å². The minimum absolute atomic E-state index is 0.413. The molecule has 1 aromatic carbocycles. The number of carboxylic acid groups (broad SMARTS) is 1. The Bertz CT molecular complexity index is 684. The molecule has 3 nitrogen and oxygen atoms in total. The molecular formula is C17H17NO2S. The van der Waals surface area contributed by atoms with Crippen molar-refractivity contribution in [1.29, 1.82) is 0 Å². The second-order valence-corrected chi connectivity index (χ2v) is 6.27. The minimum Gasteiger partial charge on any atom is -0.481 e. The highest BCUT2D eigenvalue weighted by atomic mass is 32.2. The molecule has 3 rings (SSSR count). The molecule has 0 saturated carbocycles. The number of hydrogen-bond donors (Lipinski definition) is 1. The third-order valence-electron chi connectivity index (χ3n) is 3.91. The average Bonchev–Trinajstić information content (AvgIpc) is 2.66. The van der Waals surface area contributed by atoms with Crippen molar-refractivity contribution < 1.29 is 9.90 Å². The van der Waals surface area contributed by atoms with Gasteiger partial charge in [-0.3, -0.25) is 4.79 Å². The molecule has 1 atom stereocenters. The Kier molecular flexibility index (Phi) is 3.97. The second-order valence-electron chi connectivity index (χ2n) is 5.24. The molecule has 21 heavy (non-hydrogen) atoms. The maximum absolute atomic E-state index is 11.3. The summed E-state index contributed by atoms with van der Waals surface area (Å²) >= 11 is 1.68. The number of nitrogens with zero attached hydrogens (tertiary/aromatic N) is 1. The molecule has 0 fully saturated rings. The Labute approximate surface area is 128 Å². The van der Waals surface area contributed by atoms with Crippen molar-refractivity contribution in [2.45, 2.75) is 42.0 Å². The molecule has 0 spiro atoms. The summed E-state index contributed by atoms with van der Waals surface area (Å²) in [4.78, 5) is 17.0. The largest absolute Gasteiger partial charge is 0.481 e. The van der Waals surface area contributed by atoms with E-state index in [2.05, 4.69) is 17.1 Å². The van der Waals surface area contributed by atoms with Gasteiger partial charge in [0.15, 0.2) is 0 Å². The molecular weight excluding hydrogens is 282 g/mol. The van der Waals surface area contributed by atoms with Crippen LogP contribution in [-0.2, 0) is 17.6 Å². The van der Waals surface area contributed by atoms with Gasteiger partial charge in [0.05, 0.1) is 5.92 Å². The first-order chi connectivity index (χ1) is 10.2. The number of carbonyl (C=O) groups is 1. The van der Waals surface area contributed by atoms with E-state index in [1.165, 1.54) is 16.0 Å². The van der Waals surface area contributed by atoms with Crippen LogP contribution in [0, 0.1) is 0 Å². The summed E-state index contributed by atoms with van der Waals surface area (Å²) in [5.41, 5.74) is 3.41. The van der Waals surface area contributed by atoms with Crippen molar-refractivity contribution in [3.8, 4) is 0 Å². The number of aryl methyl sites for hydroxylation is 2. The summed E-state index contributed by atoms with van der Waals surface area (Å²) < 4.78 is 0. The Morgan fingerprint density at radius 3 is 2.90 bits per heavy atom. The Morgan fingerprint density at radius 1 is 1.33 bits per heavy atom. The highest BCUT2D eigenvalue weighted by Crippen LogP contribution is 2.37. The van der Waals surface area contributed by atoms with Gasteiger partial charge in [-0.25, -0.2) is 4.98 Å². The van der Waals surface area contributed by atoms with E-state index in [9.17, 15) is 9.90 Å². The molecule has 0 bridgehead atoms. The first-order valence-electron chi connectivity index (χ1n) is 7.16. The molecule has 1 aliphatic rings. The van der Waals surface area contributed by atoms with Crippen LogP contribution in [-0.4, -0.2) is 16.1 Å². The zero-order valence-corrected chi connectivity index (χ0v) is 12.7. The first-order valence-corrected chi connectivity index (χ1v) is 7.98. The van der Waals surface area contributed by atoms with E-state index >= 15 is 0 Å². The standard InChI is InChI=1S/C17H17NO2S/c1-2-14(17(19)20)12-7-8-15-13(10-12)6-5-11-4-3-9-18-16(11)21-15/h3-4,7-10,14H,2,5-6H2,1H3,(H,19,20). The molecule has 1 aromatic heterocycles. The van der Waals surface area contributed by atoms with E-state index in [1.807, 2.05) is 31.3 Å². The third kappa shape index (κ3) is 2.81. The number of aromatic nitrogens is 1. The predicted molar refractivity (Wildman–Crippen MR) is 82.9 cm³/mol. The third-order valence-corrected chi connectivity index (χ3v) is 5.09. The zero-order chi connectivity index (χ0) is 14.8. The van der Waals surface area contributed by atoms with Gasteiger partial charge >= 0.3 is 5.97 Å². The Balaban J connectivity index is 1.96. The van der Waals surface area contributed by atoms with Crippen molar-refractivity contribution >= 4 is 17.7 Å². The van der Waals surface area contributed by atoms with Crippen LogP contribution in [0.2, 0.25) is 0 Å². The summed E-state index contributed by atoms with van der Waals surface area (Å²) in [7, 11) is 0. The highest BCUT2D eigenvalue weighted by molar-refractivity contribution is 7.99. The quantitative estimate of drug-likeness (QED) is 0.933. The van der Waals surface area contributed by atoms with Crippen molar-refractivity contribution in [2.75, 3.05) is 0 Å². The van der Waals surface area contributed by atoms with Crippen LogP contribution in [0.15, 0.2) is 46.5 Å². The minimum atomic E-state index is -0.747. The lowest BCUT2D eigenvalue weighted by Gasteiger charge is -2.13. The average molecular weight is 299 g/mol. The molecule has 0 aliphatic carbocycles. The van der Waals surface area contributed by atoms with Gasteiger partial charge in [-0.1, -0.05) is 36.9 Å². The molecule has 0 radical (unpaired) electrons. The lowest BCUT2D eigenvalue weighted by molar-refractivity contribution is -0.138.